The smallest absolute Gasteiger partial charge is 0.462 e. The molecule has 0 aromatic rings. The molecule has 0 heterocycles. The summed E-state index contributed by atoms with van der Waals surface area (Å²) in [6, 6.07) is 0. The van der Waals surface area contributed by atoms with Gasteiger partial charge in [-0.25, -0.2) is 9.13 Å². The maximum absolute atomic E-state index is 13.1. The summed E-state index contributed by atoms with van der Waals surface area (Å²) < 4.78 is 68.5. The van der Waals surface area contributed by atoms with E-state index in [0.29, 0.717) is 38.5 Å². The number of phosphoric ester groups is 2. The van der Waals surface area contributed by atoms with Gasteiger partial charge in [0.15, 0.2) is 12.2 Å². The van der Waals surface area contributed by atoms with Gasteiger partial charge in [0, 0.05) is 25.7 Å². The average molecular weight is 1520 g/mol. The van der Waals surface area contributed by atoms with Crippen LogP contribution in [0.2, 0.25) is 0 Å². The van der Waals surface area contributed by atoms with E-state index in [1.165, 1.54) is 64.2 Å². The molecule has 0 aromatic carbocycles. The first-order valence-corrected chi connectivity index (χ1v) is 43.4. The highest BCUT2D eigenvalue weighted by Gasteiger charge is 2.30. The summed E-state index contributed by atoms with van der Waals surface area (Å²) in [7, 11) is -10.0. The lowest BCUT2D eigenvalue weighted by Gasteiger charge is -2.21. The van der Waals surface area contributed by atoms with Crippen LogP contribution in [-0.4, -0.2) is 96.7 Å². The van der Waals surface area contributed by atoms with Gasteiger partial charge in [-0.15, -0.1) is 0 Å². The Morgan fingerprint density at radius 2 is 0.509 bits per heavy atom. The Hall–Kier alpha value is -5.58. The Balaban J connectivity index is 5.49. The second-order valence-electron chi connectivity index (χ2n) is 26.2. The van der Waals surface area contributed by atoms with Crippen LogP contribution >= 0.6 is 15.6 Å². The van der Waals surface area contributed by atoms with Gasteiger partial charge in [0.1, 0.15) is 19.3 Å². The molecule has 0 saturated carbocycles. The monoisotopic (exact) mass is 1520 g/mol. The van der Waals surface area contributed by atoms with Crippen LogP contribution in [0.5, 0.6) is 0 Å². The van der Waals surface area contributed by atoms with Crippen molar-refractivity contribution in [2.24, 2.45) is 0 Å². The molecule has 0 rings (SSSR count). The molecule has 5 atom stereocenters. The zero-order valence-electron chi connectivity index (χ0n) is 65.8. The molecule has 0 aliphatic carbocycles. The quantitative estimate of drug-likeness (QED) is 0.0169. The van der Waals surface area contributed by atoms with Crippen LogP contribution in [0.4, 0.5) is 0 Å². The minimum Gasteiger partial charge on any atom is -0.462 e. The average Bonchev–Trinajstić information content (AvgIpc) is 0.909. The van der Waals surface area contributed by atoms with Crippen LogP contribution in [0, 0.1) is 0 Å². The number of unbranched alkanes of at least 4 members (excludes halogenated alkanes) is 20. The molecule has 3 N–H and O–H groups in total. The number of hydrogen-bond acceptors (Lipinski definition) is 15. The van der Waals surface area contributed by atoms with Gasteiger partial charge in [-0.2, -0.15) is 0 Å². The first-order chi connectivity index (χ1) is 51.7. The van der Waals surface area contributed by atoms with Crippen molar-refractivity contribution in [3.05, 3.63) is 170 Å². The van der Waals surface area contributed by atoms with Gasteiger partial charge >= 0.3 is 39.5 Å². The van der Waals surface area contributed by atoms with Gasteiger partial charge in [0.25, 0.3) is 0 Å². The maximum Gasteiger partial charge on any atom is 0.472 e. The first-order valence-electron chi connectivity index (χ1n) is 40.4. The summed E-state index contributed by atoms with van der Waals surface area (Å²) in [5.74, 6) is -2.35. The van der Waals surface area contributed by atoms with Gasteiger partial charge in [0.2, 0.25) is 0 Å². The summed E-state index contributed by atoms with van der Waals surface area (Å²) in [6.07, 6.45) is 92.1. The molecular weight excluding hydrogens is 1380 g/mol. The standard InChI is InChI=1S/C87H142O17P2/c1-5-9-13-17-21-25-29-33-37-39-40-42-46-48-52-56-60-64-68-72-85(90)98-78-83(104-87(92)74-70-66-62-58-54-50-44-36-32-28-24-20-16-12-8-4)80-102-106(95,96)100-76-81(88)75-99-105(93,94)101-79-82(103-86(91)73-69-65-61-57-53-49-43-35-31-27-23-19-15-11-7-3)77-97-84(89)71-67-63-59-55-51-47-45-41-38-34-30-26-22-18-14-10-6-2/h9-11,13-15,21-23,25-27,33-35,37-38,40,42-43,45,47-48,52-53,57,60,64,81-83,88H,5-8,12,16-20,24,28-32,36,39,41,44,46,49-51,54-56,58-59,61-63,65-80H2,1-4H3,(H,93,94)(H,95,96)/b13-9-,14-10-,15-11-,25-21-,26-22-,27-23-,37-33-,38-34-,42-40-,43-35-,47-45-,52-48-,57-53-,64-60-. The molecule has 0 bridgehead atoms. The normalized spacial score (nSPS) is 14.7. The van der Waals surface area contributed by atoms with Gasteiger partial charge in [0.05, 0.1) is 26.4 Å². The highest BCUT2D eigenvalue weighted by Crippen LogP contribution is 2.45. The number of esters is 4. The Kier molecular flexibility index (Phi) is 73.5. The van der Waals surface area contributed by atoms with E-state index in [1.807, 2.05) is 18.2 Å². The number of hydrogen-bond donors (Lipinski definition) is 3. The van der Waals surface area contributed by atoms with Crippen LogP contribution in [0.15, 0.2) is 170 Å². The van der Waals surface area contributed by atoms with Gasteiger partial charge in [-0.3, -0.25) is 37.3 Å². The van der Waals surface area contributed by atoms with Crippen molar-refractivity contribution in [1.82, 2.24) is 0 Å². The Morgan fingerprint density at radius 3 is 0.830 bits per heavy atom. The Labute approximate surface area is 642 Å². The lowest BCUT2D eigenvalue weighted by Crippen LogP contribution is -2.30. The van der Waals surface area contributed by atoms with Crippen molar-refractivity contribution in [1.29, 1.82) is 0 Å². The molecular formula is C87H142O17P2. The van der Waals surface area contributed by atoms with Crippen molar-refractivity contribution in [3.63, 3.8) is 0 Å². The lowest BCUT2D eigenvalue weighted by molar-refractivity contribution is -0.161. The van der Waals surface area contributed by atoms with E-state index in [2.05, 4.69) is 180 Å². The van der Waals surface area contributed by atoms with Gasteiger partial charge < -0.3 is 33.8 Å². The van der Waals surface area contributed by atoms with E-state index in [-0.39, 0.29) is 25.7 Å². The van der Waals surface area contributed by atoms with E-state index in [1.54, 1.807) is 0 Å². The minimum atomic E-state index is -5.01. The third kappa shape index (κ3) is 76.6. The molecule has 0 aliphatic heterocycles. The maximum atomic E-state index is 13.1. The van der Waals surface area contributed by atoms with E-state index in [0.717, 1.165) is 141 Å². The van der Waals surface area contributed by atoms with Crippen LogP contribution in [-0.2, 0) is 65.4 Å². The first kappa shape index (κ1) is 100. The van der Waals surface area contributed by atoms with Crippen molar-refractivity contribution in [2.75, 3.05) is 39.6 Å². The predicted molar refractivity (Wildman–Crippen MR) is 436 cm³/mol. The third-order valence-electron chi connectivity index (χ3n) is 16.2. The predicted octanol–water partition coefficient (Wildman–Crippen LogP) is 23.8. The molecule has 5 unspecified atom stereocenters. The molecule has 0 amide bonds. The number of carbonyl (C=O) groups is 4. The van der Waals surface area contributed by atoms with Crippen molar-refractivity contribution >= 4 is 39.5 Å². The second kappa shape index (κ2) is 77.6. The molecule has 0 fully saturated rings. The number of carbonyl (C=O) groups excluding carboxylic acids is 4. The van der Waals surface area contributed by atoms with Gasteiger partial charge in [-0.05, 0) is 141 Å². The molecule has 106 heavy (non-hydrogen) atoms. The summed E-state index contributed by atoms with van der Waals surface area (Å²) in [5.41, 5.74) is 0. The fourth-order valence-electron chi connectivity index (χ4n) is 10.2. The fourth-order valence-corrected chi connectivity index (χ4v) is 11.7. The van der Waals surface area contributed by atoms with Crippen molar-refractivity contribution in [2.45, 2.75) is 316 Å². The molecule has 0 aliphatic rings. The van der Waals surface area contributed by atoms with Crippen molar-refractivity contribution < 1.29 is 80.2 Å². The van der Waals surface area contributed by atoms with E-state index >= 15 is 0 Å². The number of aliphatic hydroxyl groups is 1. The number of ether oxygens (including phenoxy) is 4. The molecule has 17 nitrogen and oxygen atoms in total. The van der Waals surface area contributed by atoms with Crippen LogP contribution in [0.1, 0.15) is 297 Å². The van der Waals surface area contributed by atoms with E-state index in [9.17, 15) is 43.2 Å². The number of rotatable bonds is 74. The zero-order chi connectivity index (χ0) is 77.4. The molecule has 0 spiro atoms. The Bertz CT molecular complexity index is 2680. The molecule has 0 aromatic heterocycles. The van der Waals surface area contributed by atoms with Crippen LogP contribution in [0.25, 0.3) is 0 Å². The summed E-state index contributed by atoms with van der Waals surface area (Å²) in [6.45, 7) is 4.37. The second-order valence-corrected chi connectivity index (χ2v) is 29.1. The largest absolute Gasteiger partial charge is 0.472 e. The summed E-state index contributed by atoms with van der Waals surface area (Å²) in [4.78, 5) is 73.0. The number of phosphoric acid groups is 2. The molecule has 0 saturated heterocycles. The molecule has 19 heteroatoms. The van der Waals surface area contributed by atoms with Crippen molar-refractivity contribution in [3.8, 4) is 0 Å². The third-order valence-corrected chi connectivity index (χ3v) is 18.1. The van der Waals surface area contributed by atoms with Crippen LogP contribution in [0.3, 0.4) is 0 Å². The van der Waals surface area contributed by atoms with E-state index < -0.39 is 97.5 Å². The highest BCUT2D eigenvalue weighted by molar-refractivity contribution is 7.47. The molecule has 0 radical (unpaired) electrons. The van der Waals surface area contributed by atoms with E-state index in [4.69, 9.17) is 37.0 Å². The minimum absolute atomic E-state index is 0.0297. The summed E-state index contributed by atoms with van der Waals surface area (Å²) >= 11 is 0. The molecule has 602 valence electrons. The number of allylic oxidation sites excluding steroid dienone is 28. The fraction of sp³-hybridized carbons (Fsp3) is 0.632. The zero-order valence-corrected chi connectivity index (χ0v) is 67.6. The topological polar surface area (TPSA) is 237 Å². The summed E-state index contributed by atoms with van der Waals surface area (Å²) in [5, 5.41) is 10.6. The van der Waals surface area contributed by atoms with Gasteiger partial charge in [-0.1, -0.05) is 301 Å². The SMILES string of the molecule is CC/C=C\C/C=C\C/C=C\C/C=C\C/C=C\C/C=C\CCC(=O)OCC(COP(=O)(O)OCC(O)COP(=O)(O)OCC(COC(=O)CCCCCC/C=C\C/C=C\C/C=C\C/C=C\CC)OC(=O)CCCC/C=C\C/C=C\C/C=C\C/C=C\CC)OC(=O)CCCCCCCCCCCCCCCCC. The highest BCUT2D eigenvalue weighted by atomic mass is 31.2. The number of aliphatic hydroxyl groups excluding tert-OH is 1. The van der Waals surface area contributed by atoms with Crippen LogP contribution < -0.4 is 0 Å². The Morgan fingerprint density at radius 1 is 0.274 bits per heavy atom. The lowest BCUT2D eigenvalue weighted by atomic mass is 10.0.